The van der Waals surface area contributed by atoms with Gasteiger partial charge in [-0.2, -0.15) is 0 Å². The van der Waals surface area contributed by atoms with Crippen molar-refractivity contribution in [2.45, 2.75) is 48.7 Å². The second-order valence-electron chi connectivity index (χ2n) is 7.79. The first-order chi connectivity index (χ1) is 11.2. The van der Waals surface area contributed by atoms with Crippen molar-refractivity contribution in [1.29, 1.82) is 0 Å². The Kier molecular flexibility index (Phi) is 2.18. The van der Waals surface area contributed by atoms with Crippen molar-refractivity contribution in [2.75, 3.05) is 20.7 Å². The fraction of sp³-hybridized carbons (Fsp3) is 0.667. The average Bonchev–Trinajstić information content (AvgIpc) is 3.27. The maximum Gasteiger partial charge on any atom is 0.165 e. The van der Waals surface area contributed by atoms with Gasteiger partial charge < -0.3 is 24.2 Å². The average molecular weight is 315 g/mol. The van der Waals surface area contributed by atoms with Crippen LogP contribution in [0.25, 0.3) is 0 Å². The molecule has 3 heterocycles. The number of piperidine rings is 1. The van der Waals surface area contributed by atoms with Crippen LogP contribution in [-0.2, 0) is 16.6 Å². The van der Waals surface area contributed by atoms with Gasteiger partial charge in [-0.25, -0.2) is 0 Å². The normalized spacial score (nSPS) is 48.3. The lowest BCUT2D eigenvalue weighted by atomic mass is 9.51. The number of ether oxygens (including phenoxy) is 3. The molecule has 7 atom stereocenters. The third-order valence-corrected chi connectivity index (χ3v) is 7.09. The van der Waals surface area contributed by atoms with Crippen LogP contribution in [0.5, 0.6) is 11.5 Å². The predicted molar refractivity (Wildman–Crippen MR) is 82.0 cm³/mol. The summed E-state index contributed by atoms with van der Waals surface area (Å²) in [5, 5.41) is 10.8. The number of fused-ring (bicyclic) bond motifs is 1. The molecule has 2 aliphatic carbocycles. The van der Waals surface area contributed by atoms with Crippen molar-refractivity contribution in [3.8, 4) is 11.5 Å². The Balaban J connectivity index is 1.66. The molecule has 1 N–H and O–H groups in total. The van der Waals surface area contributed by atoms with E-state index in [-0.39, 0.29) is 23.7 Å². The lowest BCUT2D eigenvalue weighted by molar-refractivity contribution is -0.0837. The van der Waals surface area contributed by atoms with Gasteiger partial charge in [0.15, 0.2) is 11.5 Å². The van der Waals surface area contributed by atoms with Gasteiger partial charge in [0.1, 0.15) is 18.3 Å². The molecule has 1 aromatic rings. The van der Waals surface area contributed by atoms with E-state index in [2.05, 4.69) is 18.0 Å². The first kappa shape index (κ1) is 13.0. The predicted octanol–water partition coefficient (Wildman–Crippen LogP) is 0.712. The molecule has 0 unspecified atom stereocenters. The van der Waals surface area contributed by atoms with Crippen LogP contribution in [0.15, 0.2) is 12.1 Å². The molecule has 1 spiro atoms. The second kappa shape index (κ2) is 3.85. The zero-order valence-electron chi connectivity index (χ0n) is 13.4. The first-order valence-corrected chi connectivity index (χ1v) is 8.57. The molecular weight excluding hydrogens is 294 g/mol. The lowest BCUT2D eigenvalue weighted by Gasteiger charge is -2.57. The number of aliphatic hydroxyl groups excluding tert-OH is 1. The van der Waals surface area contributed by atoms with Gasteiger partial charge >= 0.3 is 0 Å². The summed E-state index contributed by atoms with van der Waals surface area (Å²) in [7, 11) is 3.91. The molecule has 3 fully saturated rings. The highest BCUT2D eigenvalue weighted by atomic mass is 16.6. The largest absolute Gasteiger partial charge is 0.493 e. The van der Waals surface area contributed by atoms with Crippen LogP contribution in [-0.4, -0.2) is 61.2 Å². The van der Waals surface area contributed by atoms with Gasteiger partial charge in [0.2, 0.25) is 0 Å². The summed E-state index contributed by atoms with van der Waals surface area (Å²) in [6.07, 6.45) is 1.46. The van der Waals surface area contributed by atoms with E-state index in [9.17, 15) is 5.11 Å². The molecule has 5 nitrogen and oxygen atoms in total. The molecule has 23 heavy (non-hydrogen) atoms. The Morgan fingerprint density at radius 1 is 1.35 bits per heavy atom. The van der Waals surface area contributed by atoms with Crippen molar-refractivity contribution in [3.05, 3.63) is 23.3 Å². The van der Waals surface area contributed by atoms with Crippen LogP contribution in [0.1, 0.15) is 17.5 Å². The van der Waals surface area contributed by atoms with Crippen LogP contribution < -0.4 is 9.47 Å². The lowest BCUT2D eigenvalue weighted by Crippen LogP contribution is -2.68. The van der Waals surface area contributed by atoms with Crippen LogP contribution in [0.2, 0.25) is 0 Å². The molecule has 2 bridgehead atoms. The number of hydrogen-bond donors (Lipinski definition) is 1. The second-order valence-corrected chi connectivity index (χ2v) is 7.79. The summed E-state index contributed by atoms with van der Waals surface area (Å²) in [5.41, 5.74) is 2.57. The molecule has 1 aromatic carbocycles. The van der Waals surface area contributed by atoms with E-state index in [0.29, 0.717) is 12.0 Å². The monoisotopic (exact) mass is 315 g/mol. The minimum absolute atomic E-state index is 0.0472. The maximum atomic E-state index is 10.8. The Hall–Kier alpha value is -1.30. The molecule has 5 aliphatic rings. The van der Waals surface area contributed by atoms with Crippen molar-refractivity contribution in [3.63, 3.8) is 0 Å². The number of epoxide rings is 1. The van der Waals surface area contributed by atoms with E-state index >= 15 is 0 Å². The minimum Gasteiger partial charge on any atom is -0.493 e. The van der Waals surface area contributed by atoms with Gasteiger partial charge in [0.25, 0.3) is 0 Å². The number of nitrogens with zero attached hydrogens (tertiary/aromatic N) is 1. The smallest absolute Gasteiger partial charge is 0.165 e. The summed E-state index contributed by atoms with van der Waals surface area (Å²) < 4.78 is 17.9. The van der Waals surface area contributed by atoms with E-state index < -0.39 is 6.10 Å². The maximum absolute atomic E-state index is 10.8. The van der Waals surface area contributed by atoms with Gasteiger partial charge in [0.05, 0.1) is 13.2 Å². The molecule has 122 valence electrons. The first-order valence-electron chi connectivity index (χ1n) is 8.57. The SMILES string of the molecule is COc1ccc2c3c1O[C@@H]1[C@@H](O)[C@H]4O[C@H]4[C@H]4[C@@H](C2)N(C)CC[C@@]341. The van der Waals surface area contributed by atoms with E-state index in [4.69, 9.17) is 14.2 Å². The molecule has 0 aromatic heterocycles. The van der Waals surface area contributed by atoms with Crippen LogP contribution in [0.4, 0.5) is 0 Å². The van der Waals surface area contributed by atoms with Gasteiger partial charge in [-0.05, 0) is 38.1 Å². The molecule has 6 rings (SSSR count). The highest BCUT2D eigenvalue weighted by molar-refractivity contribution is 5.62. The number of rotatable bonds is 1. The van der Waals surface area contributed by atoms with Crippen molar-refractivity contribution >= 4 is 0 Å². The number of likely N-dealkylation sites (tertiary alicyclic amines) is 1. The van der Waals surface area contributed by atoms with Gasteiger partial charge in [0, 0.05) is 22.9 Å². The van der Waals surface area contributed by atoms with E-state index in [0.717, 1.165) is 30.9 Å². The summed E-state index contributed by atoms with van der Waals surface area (Å²) in [6, 6.07) is 4.69. The summed E-state index contributed by atoms with van der Waals surface area (Å²) in [4.78, 5) is 2.48. The third-order valence-electron chi connectivity index (χ3n) is 7.09. The van der Waals surface area contributed by atoms with Gasteiger partial charge in [-0.15, -0.1) is 0 Å². The fourth-order valence-corrected chi connectivity index (χ4v) is 6.14. The fourth-order valence-electron chi connectivity index (χ4n) is 6.14. The van der Waals surface area contributed by atoms with Crippen molar-refractivity contribution in [1.82, 2.24) is 4.90 Å². The Morgan fingerprint density at radius 2 is 2.22 bits per heavy atom. The van der Waals surface area contributed by atoms with E-state index in [1.807, 2.05) is 6.07 Å². The van der Waals surface area contributed by atoms with E-state index in [1.54, 1.807) is 7.11 Å². The topological polar surface area (TPSA) is 54.5 Å². The van der Waals surface area contributed by atoms with Gasteiger partial charge in [-0.3, -0.25) is 0 Å². The van der Waals surface area contributed by atoms with Crippen molar-refractivity contribution < 1.29 is 19.3 Å². The standard InChI is InChI=1S/C18H21NO4/c1-19-6-5-18-11-8-3-4-10(21-2)14(11)23-17(18)13(20)16-15(22-16)12(18)9(19)7-8/h3-4,9,12-13,15-17,20H,5-7H2,1-2H3/t9-,12-,13+,15+,16-,17-,18-/m1/s1. The highest BCUT2D eigenvalue weighted by Gasteiger charge is 2.75. The summed E-state index contributed by atoms with van der Waals surface area (Å²) in [6.45, 7) is 1.04. The summed E-state index contributed by atoms with van der Waals surface area (Å²) in [5.74, 6) is 2.09. The Labute approximate surface area is 135 Å². The number of likely N-dealkylation sites (N-methyl/N-ethyl adjacent to an activating group) is 1. The molecule has 1 saturated carbocycles. The quantitative estimate of drug-likeness (QED) is 0.774. The third kappa shape index (κ3) is 1.26. The number of aliphatic hydroxyl groups is 1. The Morgan fingerprint density at radius 3 is 3.04 bits per heavy atom. The number of benzene rings is 1. The van der Waals surface area contributed by atoms with Crippen molar-refractivity contribution in [2.24, 2.45) is 5.92 Å². The Bertz CT molecular complexity index is 721. The molecule has 0 amide bonds. The molecule has 2 saturated heterocycles. The molecule has 5 heteroatoms. The zero-order chi connectivity index (χ0) is 15.5. The molecule has 3 aliphatic heterocycles. The van der Waals surface area contributed by atoms with Gasteiger partial charge in [-0.1, -0.05) is 6.07 Å². The minimum atomic E-state index is -0.539. The molecule has 0 radical (unpaired) electrons. The van der Waals surface area contributed by atoms with Crippen LogP contribution in [0.3, 0.4) is 0 Å². The van der Waals surface area contributed by atoms with E-state index in [1.165, 1.54) is 11.1 Å². The molecular formula is C18H21NO4. The van der Waals surface area contributed by atoms with Crippen LogP contribution in [0, 0.1) is 5.92 Å². The highest BCUT2D eigenvalue weighted by Crippen LogP contribution is 2.66. The van der Waals surface area contributed by atoms with Crippen LogP contribution >= 0.6 is 0 Å². The zero-order valence-corrected chi connectivity index (χ0v) is 13.4. The number of methoxy groups -OCH3 is 1. The summed E-state index contributed by atoms with van der Waals surface area (Å²) >= 11 is 0. The number of hydrogen-bond acceptors (Lipinski definition) is 5.